The molecule has 0 amide bonds. The molecule has 0 radical (unpaired) electrons. The molecule has 1 saturated carbocycles. The predicted molar refractivity (Wildman–Crippen MR) is 93.7 cm³/mol. The number of imidazole rings is 1. The van der Waals surface area contributed by atoms with Gasteiger partial charge in [-0.1, -0.05) is 19.3 Å². The molecule has 0 spiro atoms. The van der Waals surface area contributed by atoms with Gasteiger partial charge in [0.15, 0.2) is 0 Å². The largest absolute Gasteiger partial charge is 0.303 e. The lowest BCUT2D eigenvalue weighted by atomic mass is 9.82. The van der Waals surface area contributed by atoms with Gasteiger partial charge in [0.25, 0.3) is 0 Å². The van der Waals surface area contributed by atoms with Crippen LogP contribution in [0.1, 0.15) is 54.8 Å². The van der Waals surface area contributed by atoms with Crippen LogP contribution in [-0.2, 0) is 0 Å². The fourth-order valence-electron chi connectivity index (χ4n) is 4.03. The van der Waals surface area contributed by atoms with Crippen LogP contribution in [0.3, 0.4) is 0 Å². The molecule has 1 fully saturated rings. The third-order valence-electron chi connectivity index (χ3n) is 5.17. The first-order valence-corrected chi connectivity index (χ1v) is 8.63. The molecule has 1 aliphatic carbocycles. The van der Waals surface area contributed by atoms with Crippen LogP contribution in [-0.4, -0.2) is 14.4 Å². The first-order chi connectivity index (χ1) is 11.2. The van der Waals surface area contributed by atoms with Gasteiger partial charge in [-0.2, -0.15) is 0 Å². The van der Waals surface area contributed by atoms with E-state index in [4.69, 9.17) is 4.98 Å². The van der Waals surface area contributed by atoms with Gasteiger partial charge in [-0.25, -0.2) is 4.98 Å². The number of nitrogens with zero attached hydrogens (tertiary/aromatic N) is 3. The van der Waals surface area contributed by atoms with Gasteiger partial charge in [-0.05, 0) is 56.4 Å². The highest BCUT2D eigenvalue weighted by Crippen LogP contribution is 2.37. The lowest BCUT2D eigenvalue weighted by molar-refractivity contribution is 0.443. The van der Waals surface area contributed by atoms with Crippen LogP contribution in [0.4, 0.5) is 0 Å². The third kappa shape index (κ3) is 2.54. The summed E-state index contributed by atoms with van der Waals surface area (Å²) in [5, 5.41) is 0. The van der Waals surface area contributed by atoms with Crippen molar-refractivity contribution in [1.82, 2.24) is 14.4 Å². The van der Waals surface area contributed by atoms with Crippen molar-refractivity contribution in [2.75, 3.05) is 0 Å². The van der Waals surface area contributed by atoms with Gasteiger partial charge < -0.3 is 4.40 Å². The molecule has 3 aromatic rings. The van der Waals surface area contributed by atoms with Crippen molar-refractivity contribution in [2.45, 2.75) is 51.9 Å². The zero-order valence-electron chi connectivity index (χ0n) is 13.9. The molecule has 0 atom stereocenters. The van der Waals surface area contributed by atoms with E-state index < -0.39 is 0 Å². The molecular formula is C20H23N3. The van der Waals surface area contributed by atoms with Gasteiger partial charge >= 0.3 is 0 Å². The first kappa shape index (κ1) is 14.4. The lowest BCUT2D eigenvalue weighted by Gasteiger charge is -2.24. The standard InChI is InChI=1S/C20H23N3/c1-14-12-15(2)23-13-18(16-8-10-21-11-9-16)22-20(23)19(14)17-6-4-3-5-7-17/h8-13,17H,3-7H2,1-2H3. The van der Waals surface area contributed by atoms with Gasteiger partial charge in [0.05, 0.1) is 5.69 Å². The number of hydrogen-bond acceptors (Lipinski definition) is 2. The van der Waals surface area contributed by atoms with E-state index in [0.29, 0.717) is 5.92 Å². The van der Waals surface area contributed by atoms with Crippen molar-refractivity contribution >= 4 is 5.65 Å². The normalized spacial score (nSPS) is 16.1. The van der Waals surface area contributed by atoms with Crippen LogP contribution in [0.2, 0.25) is 0 Å². The van der Waals surface area contributed by atoms with E-state index in [0.717, 1.165) is 16.9 Å². The maximum atomic E-state index is 5.01. The van der Waals surface area contributed by atoms with Crippen LogP contribution < -0.4 is 0 Å². The second-order valence-electron chi connectivity index (χ2n) is 6.77. The van der Waals surface area contributed by atoms with Gasteiger partial charge in [0.2, 0.25) is 0 Å². The van der Waals surface area contributed by atoms with E-state index in [1.807, 2.05) is 24.5 Å². The maximum Gasteiger partial charge on any atom is 0.141 e. The molecule has 23 heavy (non-hydrogen) atoms. The monoisotopic (exact) mass is 305 g/mol. The molecule has 0 bridgehead atoms. The quantitative estimate of drug-likeness (QED) is 0.662. The fourth-order valence-corrected chi connectivity index (χ4v) is 4.03. The summed E-state index contributed by atoms with van der Waals surface area (Å²) in [5.41, 5.74) is 7.45. The van der Waals surface area contributed by atoms with E-state index in [1.165, 1.54) is 48.9 Å². The van der Waals surface area contributed by atoms with Crippen LogP contribution in [0, 0.1) is 13.8 Å². The average Bonchev–Trinajstić information content (AvgIpc) is 3.02. The summed E-state index contributed by atoms with van der Waals surface area (Å²) in [6.45, 7) is 4.42. The van der Waals surface area contributed by atoms with Crippen LogP contribution >= 0.6 is 0 Å². The Labute approximate surface area is 137 Å². The second kappa shape index (κ2) is 5.80. The Morgan fingerprint density at radius 1 is 1.04 bits per heavy atom. The summed E-state index contributed by atoms with van der Waals surface area (Å²) in [6.07, 6.45) is 12.5. The molecule has 4 rings (SSSR count). The SMILES string of the molecule is Cc1cc(C)n2cc(-c3ccncc3)nc2c1C1CCCCC1. The van der Waals surface area contributed by atoms with Crippen molar-refractivity contribution in [3.05, 3.63) is 53.6 Å². The van der Waals surface area contributed by atoms with Crippen molar-refractivity contribution in [3.63, 3.8) is 0 Å². The molecule has 1 aliphatic rings. The molecule has 0 unspecified atom stereocenters. The molecule has 3 heterocycles. The van der Waals surface area contributed by atoms with Crippen LogP contribution in [0.25, 0.3) is 16.9 Å². The maximum absolute atomic E-state index is 5.01. The number of rotatable bonds is 2. The minimum atomic E-state index is 0.666. The van der Waals surface area contributed by atoms with E-state index in [1.54, 1.807) is 0 Å². The Hall–Kier alpha value is -2.16. The Balaban J connectivity index is 1.90. The van der Waals surface area contributed by atoms with Gasteiger partial charge in [0.1, 0.15) is 5.65 Å². The molecular weight excluding hydrogens is 282 g/mol. The molecule has 0 saturated heterocycles. The van der Waals surface area contributed by atoms with E-state index in [2.05, 4.69) is 35.5 Å². The smallest absolute Gasteiger partial charge is 0.141 e. The average molecular weight is 305 g/mol. The summed E-state index contributed by atoms with van der Waals surface area (Å²) < 4.78 is 2.27. The van der Waals surface area contributed by atoms with Crippen molar-refractivity contribution < 1.29 is 0 Å². The Kier molecular flexibility index (Phi) is 3.64. The van der Waals surface area contributed by atoms with Gasteiger partial charge in [0, 0.05) is 35.4 Å². The Morgan fingerprint density at radius 3 is 2.52 bits per heavy atom. The lowest BCUT2D eigenvalue weighted by Crippen LogP contribution is -2.09. The molecule has 3 heteroatoms. The molecule has 118 valence electrons. The zero-order chi connectivity index (χ0) is 15.8. The number of fused-ring (bicyclic) bond motifs is 1. The Morgan fingerprint density at radius 2 is 1.78 bits per heavy atom. The summed E-state index contributed by atoms with van der Waals surface area (Å²) in [5.74, 6) is 0.666. The highest BCUT2D eigenvalue weighted by atomic mass is 15.0. The highest BCUT2D eigenvalue weighted by Gasteiger charge is 2.22. The molecule has 0 N–H and O–H groups in total. The number of hydrogen-bond donors (Lipinski definition) is 0. The fraction of sp³-hybridized carbons (Fsp3) is 0.400. The van der Waals surface area contributed by atoms with Gasteiger partial charge in [-0.3, -0.25) is 4.98 Å². The predicted octanol–water partition coefficient (Wildman–Crippen LogP) is 5.06. The molecule has 3 aromatic heterocycles. The van der Waals surface area contributed by atoms with E-state index in [-0.39, 0.29) is 0 Å². The Bertz CT molecular complexity index is 827. The summed E-state index contributed by atoms with van der Waals surface area (Å²) in [6, 6.07) is 6.38. The zero-order valence-corrected chi connectivity index (χ0v) is 13.9. The minimum Gasteiger partial charge on any atom is -0.303 e. The topological polar surface area (TPSA) is 30.2 Å². The molecule has 3 nitrogen and oxygen atoms in total. The number of pyridine rings is 2. The van der Waals surface area contributed by atoms with E-state index >= 15 is 0 Å². The van der Waals surface area contributed by atoms with E-state index in [9.17, 15) is 0 Å². The van der Waals surface area contributed by atoms with Crippen LogP contribution in [0.5, 0.6) is 0 Å². The first-order valence-electron chi connectivity index (χ1n) is 8.63. The second-order valence-corrected chi connectivity index (χ2v) is 6.77. The summed E-state index contributed by atoms with van der Waals surface area (Å²) in [7, 11) is 0. The third-order valence-corrected chi connectivity index (χ3v) is 5.17. The van der Waals surface area contributed by atoms with Crippen molar-refractivity contribution in [1.29, 1.82) is 0 Å². The minimum absolute atomic E-state index is 0.666. The molecule has 0 aliphatic heterocycles. The summed E-state index contributed by atoms with van der Waals surface area (Å²) in [4.78, 5) is 9.13. The van der Waals surface area contributed by atoms with Crippen molar-refractivity contribution in [3.8, 4) is 11.3 Å². The number of aryl methyl sites for hydroxylation is 2. The number of aromatic nitrogens is 3. The van der Waals surface area contributed by atoms with Crippen LogP contribution in [0.15, 0.2) is 36.8 Å². The highest BCUT2D eigenvalue weighted by molar-refractivity contribution is 5.66. The van der Waals surface area contributed by atoms with Crippen molar-refractivity contribution in [2.24, 2.45) is 0 Å². The molecule has 0 aromatic carbocycles. The van der Waals surface area contributed by atoms with Gasteiger partial charge in [-0.15, -0.1) is 0 Å². The summed E-state index contributed by atoms with van der Waals surface area (Å²) >= 11 is 0.